The molecule has 0 aromatic heterocycles. The predicted octanol–water partition coefficient (Wildman–Crippen LogP) is 4.51. The zero-order valence-electron chi connectivity index (χ0n) is 26.9. The van der Waals surface area contributed by atoms with Crippen LogP contribution in [0.4, 0.5) is 22.7 Å². The average Bonchev–Trinajstić information content (AvgIpc) is 3.99. The number of hydrogen-bond donors (Lipinski definition) is 3. The highest BCUT2D eigenvalue weighted by Crippen LogP contribution is 2.54. The molecule has 12 heteroatoms. The third kappa shape index (κ3) is 4.62. The number of benzene rings is 3. The van der Waals surface area contributed by atoms with E-state index >= 15 is 0 Å². The third-order valence-corrected chi connectivity index (χ3v) is 11.5. The van der Waals surface area contributed by atoms with Gasteiger partial charge in [-0.05, 0) is 103 Å². The summed E-state index contributed by atoms with van der Waals surface area (Å²) in [6.07, 6.45) is 9.73. The van der Waals surface area contributed by atoms with E-state index in [0.29, 0.717) is 11.4 Å². The summed E-state index contributed by atoms with van der Waals surface area (Å²) in [5.41, 5.74) is 1.15. The molecule has 6 aliphatic rings. The zero-order valence-corrected chi connectivity index (χ0v) is 26.9. The number of imide groups is 2. The van der Waals surface area contributed by atoms with Crippen molar-refractivity contribution in [3.05, 3.63) is 108 Å². The molecule has 12 nitrogen and oxygen atoms in total. The van der Waals surface area contributed by atoms with Crippen molar-refractivity contribution in [3.63, 3.8) is 0 Å². The van der Waals surface area contributed by atoms with Crippen molar-refractivity contribution < 1.29 is 38.7 Å². The zero-order chi connectivity index (χ0) is 35.3. The molecule has 4 fully saturated rings. The molecule has 4 bridgehead atoms. The lowest BCUT2D eigenvalue weighted by molar-refractivity contribution is -0.124. The van der Waals surface area contributed by atoms with Crippen LogP contribution in [-0.2, 0) is 19.2 Å². The number of nitrogens with zero attached hydrogens (tertiary/aromatic N) is 2. The van der Waals surface area contributed by atoms with Gasteiger partial charge in [-0.3, -0.25) is 38.6 Å². The molecule has 4 aliphatic carbocycles. The van der Waals surface area contributed by atoms with Gasteiger partial charge in [0.05, 0.1) is 52.0 Å². The summed E-state index contributed by atoms with van der Waals surface area (Å²) in [7, 11) is 0. The van der Waals surface area contributed by atoms with Crippen molar-refractivity contribution in [2.75, 3.05) is 20.4 Å². The van der Waals surface area contributed by atoms with Crippen LogP contribution in [0.3, 0.4) is 0 Å². The molecule has 6 amide bonds. The second-order valence-electron chi connectivity index (χ2n) is 14.1. The maximum absolute atomic E-state index is 13.4. The van der Waals surface area contributed by atoms with Crippen LogP contribution in [-0.4, -0.2) is 46.5 Å². The molecule has 0 spiro atoms. The molecule has 3 aromatic carbocycles. The predicted molar refractivity (Wildman–Crippen MR) is 183 cm³/mol. The molecule has 8 atom stereocenters. The summed E-state index contributed by atoms with van der Waals surface area (Å²) in [6, 6.07) is 15.9. The van der Waals surface area contributed by atoms with Crippen LogP contribution < -0.4 is 20.4 Å². The summed E-state index contributed by atoms with van der Waals surface area (Å²) in [5.74, 6) is -4.45. The molecule has 254 valence electrons. The second-order valence-corrected chi connectivity index (χ2v) is 14.1. The fourth-order valence-corrected chi connectivity index (χ4v) is 9.12. The van der Waals surface area contributed by atoms with E-state index in [4.69, 9.17) is 0 Å². The lowest BCUT2D eigenvalue weighted by Crippen LogP contribution is -2.32. The van der Waals surface area contributed by atoms with Gasteiger partial charge in [0.2, 0.25) is 23.6 Å². The fraction of sp³-hybridized carbons (Fsp3) is 0.256. The van der Waals surface area contributed by atoms with Crippen molar-refractivity contribution in [1.82, 2.24) is 0 Å². The number of nitrogens with one attached hydrogen (secondary N) is 2. The van der Waals surface area contributed by atoms with E-state index in [1.165, 1.54) is 76.5 Å². The Balaban J connectivity index is 0.904. The number of rotatable bonds is 7. The molecule has 9 rings (SSSR count). The Hall–Kier alpha value is -6.17. The third-order valence-electron chi connectivity index (χ3n) is 11.5. The van der Waals surface area contributed by atoms with E-state index in [2.05, 4.69) is 10.6 Å². The number of hydrogen-bond acceptors (Lipinski definition) is 7. The van der Waals surface area contributed by atoms with Gasteiger partial charge < -0.3 is 15.7 Å². The molecule has 0 radical (unpaired) electrons. The van der Waals surface area contributed by atoms with Crippen LogP contribution in [0, 0.1) is 47.3 Å². The SMILES string of the molecule is O=C(O)c1ccc(NC(=O)c2ccc(N3C(=O)C4C5C=CC(C5)C4C3=O)cc2)c(NC(=O)c2ccc(N3C(=O)C4C5C=CC(C5)C4C3=O)cc2)c1. The van der Waals surface area contributed by atoms with Gasteiger partial charge in [-0.15, -0.1) is 0 Å². The van der Waals surface area contributed by atoms with Gasteiger partial charge in [0.25, 0.3) is 11.8 Å². The summed E-state index contributed by atoms with van der Waals surface area (Å²) in [5, 5.41) is 15.0. The van der Waals surface area contributed by atoms with Crippen molar-refractivity contribution >= 4 is 64.2 Å². The van der Waals surface area contributed by atoms with Gasteiger partial charge in [0.1, 0.15) is 0 Å². The van der Waals surface area contributed by atoms with Crippen molar-refractivity contribution in [1.29, 1.82) is 0 Å². The topological polar surface area (TPSA) is 170 Å². The lowest BCUT2D eigenvalue weighted by atomic mass is 9.85. The van der Waals surface area contributed by atoms with E-state index < -0.39 is 17.8 Å². The minimum Gasteiger partial charge on any atom is -0.478 e. The number of allylic oxidation sites excluding steroid dienone is 4. The smallest absolute Gasteiger partial charge is 0.335 e. The second kappa shape index (κ2) is 11.2. The van der Waals surface area contributed by atoms with Gasteiger partial charge in [0, 0.05) is 11.1 Å². The van der Waals surface area contributed by atoms with Crippen molar-refractivity contribution in [3.8, 4) is 0 Å². The van der Waals surface area contributed by atoms with E-state index in [1.807, 2.05) is 24.3 Å². The van der Waals surface area contributed by atoms with Gasteiger partial charge in [-0.25, -0.2) is 4.79 Å². The Morgan fingerprint density at radius 1 is 0.510 bits per heavy atom. The van der Waals surface area contributed by atoms with E-state index in [0.717, 1.165) is 12.8 Å². The van der Waals surface area contributed by atoms with Crippen LogP contribution in [0.5, 0.6) is 0 Å². The molecule has 2 heterocycles. The Morgan fingerprint density at radius 3 is 1.24 bits per heavy atom. The minimum atomic E-state index is -1.24. The van der Waals surface area contributed by atoms with Crippen LogP contribution in [0.15, 0.2) is 91.0 Å². The molecular weight excluding hydrogens is 652 g/mol. The Labute approximate surface area is 290 Å². The van der Waals surface area contributed by atoms with Gasteiger partial charge in [-0.1, -0.05) is 24.3 Å². The highest BCUT2D eigenvalue weighted by Gasteiger charge is 2.60. The number of amides is 6. The van der Waals surface area contributed by atoms with Crippen molar-refractivity contribution in [2.45, 2.75) is 12.8 Å². The van der Waals surface area contributed by atoms with Gasteiger partial charge in [0.15, 0.2) is 0 Å². The summed E-state index contributed by atoms with van der Waals surface area (Å²) < 4.78 is 0. The van der Waals surface area contributed by atoms with E-state index in [-0.39, 0.29) is 99.0 Å². The summed E-state index contributed by atoms with van der Waals surface area (Å²) in [4.78, 5) is 93.7. The Kier molecular flexibility index (Phi) is 6.76. The maximum atomic E-state index is 13.4. The first-order valence-electron chi connectivity index (χ1n) is 16.9. The quantitative estimate of drug-likeness (QED) is 0.241. The van der Waals surface area contributed by atoms with Crippen LogP contribution in [0.1, 0.15) is 43.9 Å². The first kappa shape index (κ1) is 30.9. The van der Waals surface area contributed by atoms with E-state index in [9.17, 15) is 38.7 Å². The average molecular weight is 683 g/mol. The fourth-order valence-electron chi connectivity index (χ4n) is 9.12. The Bertz CT molecular complexity index is 2110. The maximum Gasteiger partial charge on any atom is 0.335 e. The first-order valence-corrected chi connectivity index (χ1v) is 16.9. The van der Waals surface area contributed by atoms with E-state index in [1.54, 1.807) is 0 Å². The highest BCUT2D eigenvalue weighted by molar-refractivity contribution is 6.24. The number of carboxylic acid groups (broad SMARTS) is 1. The highest BCUT2D eigenvalue weighted by atomic mass is 16.4. The standard InChI is InChI=1S/C39H30N4O8/c44-33(18-5-10-25(11-6-18)42-35(46)29-20-1-2-21(15-20)30(29)36(42)47)40-27-14-9-24(39(50)51)17-28(27)41-34(45)19-7-12-26(13-8-19)43-37(48)31-22-3-4-23(16-22)32(31)38(43)49/h1-14,17,20-23,29-32H,15-16H2,(H,40,44)(H,41,45)(H,50,51). The molecule has 51 heavy (non-hydrogen) atoms. The Morgan fingerprint density at radius 2 is 0.863 bits per heavy atom. The number of aromatic carboxylic acids is 1. The van der Waals surface area contributed by atoms with Crippen LogP contribution >= 0.6 is 0 Å². The molecule has 2 saturated heterocycles. The molecular formula is C39H30N4O8. The van der Waals surface area contributed by atoms with Crippen LogP contribution in [0.2, 0.25) is 0 Å². The monoisotopic (exact) mass is 682 g/mol. The molecule has 2 saturated carbocycles. The largest absolute Gasteiger partial charge is 0.478 e. The number of carboxylic acids is 1. The van der Waals surface area contributed by atoms with Gasteiger partial charge in [-0.2, -0.15) is 0 Å². The summed E-state index contributed by atoms with van der Waals surface area (Å²) >= 11 is 0. The molecule has 3 N–H and O–H groups in total. The van der Waals surface area contributed by atoms with Crippen LogP contribution in [0.25, 0.3) is 0 Å². The summed E-state index contributed by atoms with van der Waals surface area (Å²) in [6.45, 7) is 0. The molecule has 3 aromatic rings. The lowest BCUT2D eigenvalue weighted by Gasteiger charge is -2.18. The first-order chi connectivity index (χ1) is 24.6. The normalized spacial score (nSPS) is 29.3. The minimum absolute atomic E-state index is 0.0256. The number of fused-ring (bicyclic) bond motifs is 10. The molecule has 2 aliphatic heterocycles. The molecule has 8 unspecified atom stereocenters. The van der Waals surface area contributed by atoms with Gasteiger partial charge >= 0.3 is 5.97 Å². The number of anilines is 4. The number of carbonyl (C=O) groups excluding carboxylic acids is 6. The van der Waals surface area contributed by atoms with Crippen molar-refractivity contribution in [2.24, 2.45) is 47.3 Å². The number of carbonyl (C=O) groups is 7.